The molecule has 1 aliphatic carbocycles. The summed E-state index contributed by atoms with van der Waals surface area (Å²) in [6, 6.07) is 16.8. The second-order valence-electron chi connectivity index (χ2n) is 12.0. The van der Waals surface area contributed by atoms with Crippen molar-refractivity contribution < 1.29 is 33.3 Å². The maximum atomic E-state index is 14.0. The van der Waals surface area contributed by atoms with Gasteiger partial charge < -0.3 is 30.3 Å². The van der Waals surface area contributed by atoms with Crippen molar-refractivity contribution in [3.05, 3.63) is 71.8 Å². The predicted molar refractivity (Wildman–Crippen MR) is 170 cm³/mol. The summed E-state index contributed by atoms with van der Waals surface area (Å²) in [5.74, 6) is -1.03. The van der Waals surface area contributed by atoms with E-state index >= 15 is 0 Å². The summed E-state index contributed by atoms with van der Waals surface area (Å²) in [4.78, 5) is 38.1. The van der Waals surface area contributed by atoms with Crippen LogP contribution >= 0.6 is 7.37 Å². The number of amides is 3. The number of alkyl carbamates (subject to hydrolysis) is 1. The van der Waals surface area contributed by atoms with Crippen molar-refractivity contribution >= 4 is 25.3 Å². The van der Waals surface area contributed by atoms with E-state index in [1.54, 1.807) is 13.8 Å². The summed E-state index contributed by atoms with van der Waals surface area (Å²) in [5.41, 5.74) is 1.72. The van der Waals surface area contributed by atoms with Crippen LogP contribution in [0.4, 0.5) is 4.79 Å². The third kappa shape index (κ3) is 12.4. The van der Waals surface area contributed by atoms with Crippen molar-refractivity contribution in [3.63, 3.8) is 0 Å². The number of ether oxygens (including phenoxy) is 1. The van der Waals surface area contributed by atoms with Gasteiger partial charge in [0.15, 0.2) is 0 Å². The molecule has 0 aromatic heterocycles. The minimum absolute atomic E-state index is 0.0608. The molecular weight excluding hydrogens is 581 g/mol. The van der Waals surface area contributed by atoms with E-state index in [0.717, 1.165) is 36.8 Å². The average molecular weight is 630 g/mol. The molecule has 10 nitrogen and oxygen atoms in total. The van der Waals surface area contributed by atoms with Crippen molar-refractivity contribution in [3.8, 4) is 0 Å². The Balaban J connectivity index is 1.50. The Labute approximate surface area is 261 Å². The number of nitrogens with one attached hydrogen (secondary N) is 3. The maximum Gasteiger partial charge on any atom is 0.408 e. The molecule has 0 heterocycles. The van der Waals surface area contributed by atoms with E-state index < -0.39 is 43.5 Å². The SMILES string of the molecule is CC(C)[C@@H](NC(=O)[C@H](C)NC(=O)OCc1ccccc1)C(=O)NC[C@@H](O)CP(=O)(CC1CCCCC1)OCc1ccccc1. The van der Waals surface area contributed by atoms with E-state index in [2.05, 4.69) is 16.0 Å². The molecule has 0 radical (unpaired) electrons. The highest BCUT2D eigenvalue weighted by molar-refractivity contribution is 7.59. The quantitative estimate of drug-likeness (QED) is 0.192. The highest BCUT2D eigenvalue weighted by Gasteiger charge is 2.33. The lowest BCUT2D eigenvalue weighted by atomic mass is 9.91. The van der Waals surface area contributed by atoms with Crippen LogP contribution in [0, 0.1) is 11.8 Å². The van der Waals surface area contributed by atoms with Crippen LogP contribution in [0.1, 0.15) is 64.0 Å². The molecule has 0 bridgehead atoms. The first kappa shape index (κ1) is 35.3. The number of aliphatic hydroxyl groups is 1. The maximum absolute atomic E-state index is 14.0. The lowest BCUT2D eigenvalue weighted by Gasteiger charge is -2.28. The molecule has 2 aromatic rings. The summed E-state index contributed by atoms with van der Waals surface area (Å²) in [6.07, 6.45) is 3.89. The zero-order chi connectivity index (χ0) is 32.0. The van der Waals surface area contributed by atoms with Gasteiger partial charge in [-0.3, -0.25) is 14.2 Å². The van der Waals surface area contributed by atoms with Gasteiger partial charge in [-0.2, -0.15) is 0 Å². The van der Waals surface area contributed by atoms with Gasteiger partial charge in [-0.05, 0) is 42.7 Å². The largest absolute Gasteiger partial charge is 0.445 e. The van der Waals surface area contributed by atoms with Gasteiger partial charge in [0.05, 0.1) is 18.9 Å². The fourth-order valence-corrected chi connectivity index (χ4v) is 7.91. The molecule has 3 rings (SSSR count). The van der Waals surface area contributed by atoms with Crippen LogP contribution in [0.15, 0.2) is 60.7 Å². The smallest absolute Gasteiger partial charge is 0.408 e. The summed E-state index contributed by atoms with van der Waals surface area (Å²) < 4.78 is 25.2. The molecule has 2 aromatic carbocycles. The van der Waals surface area contributed by atoms with Gasteiger partial charge in [0.1, 0.15) is 18.7 Å². The number of hydrogen-bond donors (Lipinski definition) is 4. The summed E-state index contributed by atoms with van der Waals surface area (Å²) >= 11 is 0. The molecule has 11 heteroatoms. The van der Waals surface area contributed by atoms with Crippen LogP contribution in [-0.4, -0.2) is 60.1 Å². The van der Waals surface area contributed by atoms with Crippen LogP contribution in [0.2, 0.25) is 0 Å². The van der Waals surface area contributed by atoms with Crippen molar-refractivity contribution in [1.82, 2.24) is 16.0 Å². The lowest BCUT2D eigenvalue weighted by Crippen LogP contribution is -2.55. The molecule has 44 heavy (non-hydrogen) atoms. The van der Waals surface area contributed by atoms with E-state index in [1.165, 1.54) is 13.3 Å². The minimum Gasteiger partial charge on any atom is -0.445 e. The molecule has 0 saturated heterocycles. The van der Waals surface area contributed by atoms with E-state index in [1.807, 2.05) is 60.7 Å². The van der Waals surface area contributed by atoms with Crippen molar-refractivity contribution in [2.45, 2.75) is 84.3 Å². The van der Waals surface area contributed by atoms with E-state index in [4.69, 9.17) is 9.26 Å². The van der Waals surface area contributed by atoms with Crippen molar-refractivity contribution in [1.29, 1.82) is 0 Å². The molecule has 1 aliphatic rings. The van der Waals surface area contributed by atoms with Crippen LogP contribution in [0.25, 0.3) is 0 Å². The Morgan fingerprint density at radius 1 is 0.864 bits per heavy atom. The zero-order valence-electron chi connectivity index (χ0n) is 26.1. The number of carbonyl (C=O) groups is 3. The van der Waals surface area contributed by atoms with Crippen LogP contribution in [0.3, 0.4) is 0 Å². The zero-order valence-corrected chi connectivity index (χ0v) is 27.0. The fraction of sp³-hybridized carbons (Fsp3) is 0.545. The Kier molecular flexibility index (Phi) is 14.4. The molecule has 4 N–H and O–H groups in total. The molecular formula is C33H48N3O7P. The topological polar surface area (TPSA) is 143 Å². The Morgan fingerprint density at radius 2 is 1.45 bits per heavy atom. The molecule has 0 aliphatic heterocycles. The molecule has 1 saturated carbocycles. The number of aliphatic hydroxyl groups excluding tert-OH is 1. The van der Waals surface area contributed by atoms with Gasteiger partial charge in [0.25, 0.3) is 0 Å². The average Bonchev–Trinajstić information content (AvgIpc) is 3.01. The molecule has 1 unspecified atom stereocenters. The monoisotopic (exact) mass is 629 g/mol. The van der Waals surface area contributed by atoms with Crippen LogP contribution in [-0.2, 0) is 36.6 Å². The van der Waals surface area contributed by atoms with Gasteiger partial charge in [0.2, 0.25) is 19.2 Å². The Morgan fingerprint density at radius 3 is 2.05 bits per heavy atom. The fourth-order valence-electron chi connectivity index (χ4n) is 5.24. The van der Waals surface area contributed by atoms with Crippen molar-refractivity contribution in [2.75, 3.05) is 18.9 Å². The third-order valence-corrected chi connectivity index (χ3v) is 10.4. The molecule has 4 atom stereocenters. The summed E-state index contributed by atoms with van der Waals surface area (Å²) in [5, 5.41) is 18.7. The first-order chi connectivity index (χ1) is 21.0. The first-order valence-electron chi connectivity index (χ1n) is 15.5. The minimum atomic E-state index is -3.21. The number of benzene rings is 2. The van der Waals surface area contributed by atoms with Crippen LogP contribution in [0.5, 0.6) is 0 Å². The number of hydrogen-bond acceptors (Lipinski definition) is 7. The van der Waals surface area contributed by atoms with E-state index in [-0.39, 0.29) is 31.8 Å². The predicted octanol–water partition coefficient (Wildman–Crippen LogP) is 4.99. The van der Waals surface area contributed by atoms with Gasteiger partial charge >= 0.3 is 6.09 Å². The molecule has 1 fully saturated rings. The number of rotatable bonds is 16. The third-order valence-electron chi connectivity index (χ3n) is 7.76. The van der Waals surface area contributed by atoms with E-state index in [0.29, 0.717) is 12.1 Å². The second-order valence-corrected chi connectivity index (χ2v) is 14.6. The molecule has 242 valence electrons. The molecule has 0 spiro atoms. The highest BCUT2D eigenvalue weighted by Crippen LogP contribution is 2.51. The van der Waals surface area contributed by atoms with Gasteiger partial charge in [0, 0.05) is 12.7 Å². The van der Waals surface area contributed by atoms with E-state index in [9.17, 15) is 24.1 Å². The highest BCUT2D eigenvalue weighted by atomic mass is 31.2. The normalized spacial score (nSPS) is 17.1. The van der Waals surface area contributed by atoms with Crippen molar-refractivity contribution in [2.24, 2.45) is 11.8 Å². The van der Waals surface area contributed by atoms with Gasteiger partial charge in [-0.15, -0.1) is 0 Å². The van der Waals surface area contributed by atoms with Gasteiger partial charge in [-0.25, -0.2) is 4.79 Å². The molecule has 3 amide bonds. The Bertz CT molecular complexity index is 1220. The van der Waals surface area contributed by atoms with Crippen LogP contribution < -0.4 is 16.0 Å². The summed E-state index contributed by atoms with van der Waals surface area (Å²) in [7, 11) is -3.21. The Hall–Kier alpha value is -3.20. The van der Waals surface area contributed by atoms with Gasteiger partial charge in [-0.1, -0.05) is 93.8 Å². The first-order valence-corrected chi connectivity index (χ1v) is 17.5. The standard InChI is InChI=1S/C33H48N3O7P/c1-24(2)30(36-31(38)25(3)35-33(40)42-20-26-13-7-4-8-14-26)32(39)34-19-29(37)23-44(41,22-28-17-11-6-12-18-28)43-21-27-15-9-5-10-16-27/h4-5,7-10,13-16,24-25,28-30,37H,6,11-12,17-23H2,1-3H3,(H,34,39)(H,35,40)(H,36,38)/t25-,29+,30+,44?/m0/s1. The lowest BCUT2D eigenvalue weighted by molar-refractivity contribution is -0.131. The second kappa shape index (κ2) is 17.9. The summed E-state index contributed by atoms with van der Waals surface area (Å²) in [6.45, 7) is 5.17. The number of carbonyl (C=O) groups excluding carboxylic acids is 3.